The van der Waals surface area contributed by atoms with Crippen LogP contribution in [0.25, 0.3) is 22.2 Å². The molecule has 0 aliphatic carbocycles. The number of aromatic carboxylic acids is 1. The van der Waals surface area contributed by atoms with E-state index >= 15 is 0 Å². The zero-order valence-corrected chi connectivity index (χ0v) is 13.8. The minimum atomic E-state index is -1.44. The molecule has 3 aromatic rings. The number of fused-ring (bicyclic) bond motifs is 1. The second-order valence-electron chi connectivity index (χ2n) is 5.36. The van der Waals surface area contributed by atoms with Crippen LogP contribution in [0.15, 0.2) is 54.6 Å². The molecule has 0 amide bonds. The maximum Gasteiger partial charge on any atom is 0.336 e. The smallest absolute Gasteiger partial charge is 0.336 e. The van der Waals surface area contributed by atoms with Gasteiger partial charge in [-0.3, -0.25) is 4.21 Å². The molecule has 2 unspecified atom stereocenters. The number of carboxylic acid groups (broad SMARTS) is 1. The third-order valence-electron chi connectivity index (χ3n) is 3.83. The van der Waals surface area contributed by atoms with Crippen LogP contribution < -0.4 is 5.73 Å². The summed E-state index contributed by atoms with van der Waals surface area (Å²) in [5, 5.41) is 9.33. The van der Waals surface area contributed by atoms with Crippen LogP contribution in [0.2, 0.25) is 0 Å². The summed E-state index contributed by atoms with van der Waals surface area (Å²) in [5.41, 5.74) is 8.21. The lowest BCUT2D eigenvalue weighted by atomic mass is 9.96. The van der Waals surface area contributed by atoms with E-state index in [1.54, 1.807) is 24.3 Å². The van der Waals surface area contributed by atoms with Crippen molar-refractivity contribution in [2.75, 3.05) is 6.26 Å². The van der Waals surface area contributed by atoms with Crippen molar-refractivity contribution in [1.29, 1.82) is 0 Å². The SMILES string of the molecule is CS(=O)C(N)c1c(-c2ccccc2)nc2ccccc2c1C(=O)O. The van der Waals surface area contributed by atoms with E-state index in [1.807, 2.05) is 30.3 Å². The summed E-state index contributed by atoms with van der Waals surface area (Å²) in [7, 11) is -1.44. The summed E-state index contributed by atoms with van der Waals surface area (Å²) >= 11 is 0. The van der Waals surface area contributed by atoms with Crippen LogP contribution in [0.1, 0.15) is 21.3 Å². The lowest BCUT2D eigenvalue weighted by Gasteiger charge is -2.19. The number of aromatic nitrogens is 1. The molecule has 0 saturated heterocycles. The number of benzene rings is 2. The highest BCUT2D eigenvalue weighted by Crippen LogP contribution is 2.34. The van der Waals surface area contributed by atoms with E-state index in [1.165, 1.54) is 6.26 Å². The lowest BCUT2D eigenvalue weighted by molar-refractivity contribution is 0.0698. The Labute approximate surface area is 141 Å². The molecule has 0 fully saturated rings. The van der Waals surface area contributed by atoms with Gasteiger partial charge in [0.1, 0.15) is 5.37 Å². The third-order valence-corrected chi connectivity index (χ3v) is 4.78. The van der Waals surface area contributed by atoms with E-state index in [0.29, 0.717) is 22.2 Å². The first kappa shape index (κ1) is 16.3. The highest BCUT2D eigenvalue weighted by atomic mass is 32.2. The molecule has 24 heavy (non-hydrogen) atoms. The molecule has 0 aliphatic rings. The minimum absolute atomic E-state index is 0.0575. The number of para-hydroxylation sites is 1. The van der Waals surface area contributed by atoms with Crippen molar-refractivity contribution in [3.05, 3.63) is 65.7 Å². The standard InChI is InChI=1S/C18H16N2O3S/c1-24(23)17(19)15-14(18(21)22)12-9-5-6-10-13(12)20-16(15)11-7-3-2-4-8-11/h2-10,17H,19H2,1H3,(H,21,22). The van der Waals surface area contributed by atoms with Crippen molar-refractivity contribution < 1.29 is 14.1 Å². The fraction of sp³-hybridized carbons (Fsp3) is 0.111. The number of carboxylic acids is 1. The van der Waals surface area contributed by atoms with Gasteiger partial charge in [0.2, 0.25) is 0 Å². The van der Waals surface area contributed by atoms with Crippen molar-refractivity contribution in [2.45, 2.75) is 5.37 Å². The van der Waals surface area contributed by atoms with Crippen molar-refractivity contribution in [1.82, 2.24) is 4.98 Å². The van der Waals surface area contributed by atoms with Gasteiger partial charge in [-0.15, -0.1) is 0 Å². The van der Waals surface area contributed by atoms with Gasteiger partial charge in [0.15, 0.2) is 0 Å². The monoisotopic (exact) mass is 340 g/mol. The quantitative estimate of drug-likeness (QED) is 0.761. The van der Waals surface area contributed by atoms with Gasteiger partial charge in [-0.1, -0.05) is 48.5 Å². The average molecular weight is 340 g/mol. The summed E-state index contributed by atoms with van der Waals surface area (Å²) in [6, 6.07) is 16.2. The van der Waals surface area contributed by atoms with Crippen LogP contribution in [-0.2, 0) is 10.8 Å². The van der Waals surface area contributed by atoms with Gasteiger partial charge in [0, 0.05) is 33.6 Å². The van der Waals surface area contributed by atoms with Gasteiger partial charge < -0.3 is 10.8 Å². The molecule has 2 aromatic carbocycles. The molecule has 0 spiro atoms. The summed E-state index contributed by atoms with van der Waals surface area (Å²) in [6.07, 6.45) is 1.46. The Morgan fingerprint density at radius 1 is 1.12 bits per heavy atom. The molecule has 3 N–H and O–H groups in total. The fourth-order valence-electron chi connectivity index (χ4n) is 2.72. The Kier molecular flexibility index (Phi) is 4.42. The van der Waals surface area contributed by atoms with Crippen LogP contribution in [0.3, 0.4) is 0 Å². The Hall–Kier alpha value is -2.57. The van der Waals surface area contributed by atoms with E-state index in [9.17, 15) is 14.1 Å². The number of carbonyl (C=O) groups is 1. The van der Waals surface area contributed by atoms with Crippen LogP contribution in [0.5, 0.6) is 0 Å². The van der Waals surface area contributed by atoms with Gasteiger partial charge >= 0.3 is 5.97 Å². The number of hydrogen-bond acceptors (Lipinski definition) is 4. The molecular weight excluding hydrogens is 324 g/mol. The summed E-state index contributed by atoms with van der Waals surface area (Å²) in [5.74, 6) is -1.11. The highest BCUT2D eigenvalue weighted by molar-refractivity contribution is 7.84. The van der Waals surface area contributed by atoms with E-state index in [2.05, 4.69) is 4.98 Å². The van der Waals surface area contributed by atoms with Gasteiger partial charge in [0.05, 0.1) is 16.8 Å². The predicted molar refractivity (Wildman–Crippen MR) is 95.1 cm³/mol. The summed E-state index contributed by atoms with van der Waals surface area (Å²) < 4.78 is 12.0. The topological polar surface area (TPSA) is 93.3 Å². The molecule has 1 heterocycles. The summed E-state index contributed by atoms with van der Waals surface area (Å²) in [4.78, 5) is 16.6. The Morgan fingerprint density at radius 2 is 1.75 bits per heavy atom. The Morgan fingerprint density at radius 3 is 2.38 bits per heavy atom. The normalized spacial score (nSPS) is 13.6. The molecule has 0 aliphatic heterocycles. The molecule has 0 radical (unpaired) electrons. The molecule has 0 saturated carbocycles. The van der Waals surface area contributed by atoms with Crippen molar-refractivity contribution >= 4 is 27.7 Å². The maximum absolute atomic E-state index is 12.0. The van der Waals surface area contributed by atoms with Gasteiger partial charge in [-0.25, -0.2) is 9.78 Å². The van der Waals surface area contributed by atoms with Crippen molar-refractivity contribution in [3.63, 3.8) is 0 Å². The first-order valence-corrected chi connectivity index (χ1v) is 8.92. The Balaban J connectivity index is 2.47. The lowest BCUT2D eigenvalue weighted by Crippen LogP contribution is -2.21. The van der Waals surface area contributed by atoms with Crippen LogP contribution >= 0.6 is 0 Å². The molecular formula is C18H16N2O3S. The van der Waals surface area contributed by atoms with Crippen LogP contribution in [0.4, 0.5) is 0 Å². The largest absolute Gasteiger partial charge is 0.478 e. The zero-order chi connectivity index (χ0) is 17.3. The predicted octanol–water partition coefficient (Wildman–Crippen LogP) is 2.94. The number of rotatable bonds is 4. The second kappa shape index (κ2) is 6.51. The third kappa shape index (κ3) is 2.81. The van der Waals surface area contributed by atoms with Gasteiger partial charge in [0.25, 0.3) is 0 Å². The zero-order valence-electron chi connectivity index (χ0n) is 13.0. The first-order chi connectivity index (χ1) is 11.5. The van der Waals surface area contributed by atoms with Crippen LogP contribution in [0, 0.1) is 0 Å². The van der Waals surface area contributed by atoms with E-state index in [-0.39, 0.29) is 5.56 Å². The van der Waals surface area contributed by atoms with E-state index in [4.69, 9.17) is 5.73 Å². The van der Waals surface area contributed by atoms with Gasteiger partial charge in [-0.05, 0) is 6.07 Å². The summed E-state index contributed by atoms with van der Waals surface area (Å²) in [6.45, 7) is 0. The number of nitrogens with zero attached hydrogens (tertiary/aromatic N) is 1. The van der Waals surface area contributed by atoms with Gasteiger partial charge in [-0.2, -0.15) is 0 Å². The number of pyridine rings is 1. The first-order valence-electron chi connectivity index (χ1n) is 7.30. The molecule has 122 valence electrons. The number of nitrogens with two attached hydrogens (primary N) is 1. The highest BCUT2D eigenvalue weighted by Gasteiger charge is 2.26. The second-order valence-corrected chi connectivity index (χ2v) is 6.86. The molecule has 2 atom stereocenters. The van der Waals surface area contributed by atoms with Crippen molar-refractivity contribution in [2.24, 2.45) is 5.73 Å². The molecule has 5 nitrogen and oxygen atoms in total. The molecule has 0 bridgehead atoms. The van der Waals surface area contributed by atoms with E-state index in [0.717, 1.165) is 5.56 Å². The molecule has 1 aromatic heterocycles. The number of hydrogen-bond donors (Lipinski definition) is 2. The fourth-order valence-corrected chi connectivity index (χ4v) is 3.28. The van der Waals surface area contributed by atoms with E-state index < -0.39 is 22.1 Å². The van der Waals surface area contributed by atoms with Crippen LogP contribution in [-0.4, -0.2) is 26.5 Å². The van der Waals surface area contributed by atoms with Crippen molar-refractivity contribution in [3.8, 4) is 11.3 Å². The maximum atomic E-state index is 12.0. The molecule has 6 heteroatoms. The average Bonchev–Trinajstić information content (AvgIpc) is 2.59. The minimum Gasteiger partial charge on any atom is -0.478 e. The Bertz CT molecular complexity index is 942. The molecule has 3 rings (SSSR count).